The molecule has 1 N–H and O–H groups in total. The van der Waals surface area contributed by atoms with Crippen LogP contribution in [0.3, 0.4) is 0 Å². The largest absolute Gasteiger partial charge is 0.349 e. The Hall–Kier alpha value is -0.930. The van der Waals surface area contributed by atoms with E-state index in [1.165, 1.54) is 19.3 Å². The van der Waals surface area contributed by atoms with E-state index in [-0.39, 0.29) is 39.2 Å². The molecule has 0 unspecified atom stereocenters. The monoisotopic (exact) mass is 697 g/mol. The molecular weight excluding hydrogens is 627 g/mol. The molecule has 0 radical (unpaired) electrons. The molecule has 272 valence electrons. The first-order valence-corrected chi connectivity index (χ1v) is 18.8. The SMILES string of the molecule is Cc1nc(NC(C)(C)CC(C)(C)C)nc(N(CCCCCCN(C)C2CC(C)(C)N(Cl)C(C)(C)C2)C2CC(C)(C)N(Cl)C(C)(C)C2)n1. The molecule has 8 nitrogen and oxygen atoms in total. The lowest BCUT2D eigenvalue weighted by atomic mass is 9.79. The Morgan fingerprint density at radius 3 is 1.62 bits per heavy atom. The minimum atomic E-state index is -0.155. The van der Waals surface area contributed by atoms with Gasteiger partial charge in [0.05, 0.1) is 0 Å². The maximum absolute atomic E-state index is 6.92. The summed E-state index contributed by atoms with van der Waals surface area (Å²) in [5, 5.41) is 3.65. The van der Waals surface area contributed by atoms with Gasteiger partial charge < -0.3 is 15.1 Å². The third kappa shape index (κ3) is 11.0. The first kappa shape index (κ1) is 40.5. The van der Waals surface area contributed by atoms with E-state index in [0.29, 0.717) is 12.0 Å². The Bertz CT molecular complexity index is 1140. The smallest absolute Gasteiger partial charge is 0.230 e. The Labute approximate surface area is 299 Å². The number of hydrogen-bond acceptors (Lipinski definition) is 8. The molecule has 1 aromatic heterocycles. The Kier molecular flexibility index (Phi) is 12.7. The van der Waals surface area contributed by atoms with Gasteiger partial charge >= 0.3 is 0 Å². The van der Waals surface area contributed by atoms with Crippen molar-refractivity contribution in [2.45, 2.75) is 194 Å². The average Bonchev–Trinajstić information content (AvgIpc) is 2.86. The fourth-order valence-electron chi connectivity index (χ4n) is 8.89. The van der Waals surface area contributed by atoms with E-state index in [0.717, 1.165) is 63.4 Å². The summed E-state index contributed by atoms with van der Waals surface area (Å²) in [5.41, 5.74) is -0.306. The number of nitrogens with zero attached hydrogens (tertiary/aromatic N) is 7. The summed E-state index contributed by atoms with van der Waals surface area (Å²) in [5.74, 6) is 2.19. The number of aromatic nitrogens is 3. The van der Waals surface area contributed by atoms with Crippen molar-refractivity contribution in [3.05, 3.63) is 5.82 Å². The van der Waals surface area contributed by atoms with Crippen LogP contribution in [0.15, 0.2) is 0 Å². The first-order chi connectivity index (χ1) is 21.2. The molecular formula is C37H70Cl2N8. The van der Waals surface area contributed by atoms with E-state index in [1.807, 2.05) is 11.3 Å². The maximum Gasteiger partial charge on any atom is 0.230 e. The predicted octanol–water partition coefficient (Wildman–Crippen LogP) is 9.46. The van der Waals surface area contributed by atoms with Crippen LogP contribution < -0.4 is 10.2 Å². The van der Waals surface area contributed by atoms with Gasteiger partial charge in [0, 0.05) is 46.3 Å². The second-order valence-electron chi connectivity index (χ2n) is 19.3. The molecule has 0 aliphatic carbocycles. The van der Waals surface area contributed by atoms with Crippen molar-refractivity contribution < 1.29 is 0 Å². The summed E-state index contributed by atoms with van der Waals surface area (Å²) >= 11 is 13.7. The molecule has 0 saturated carbocycles. The molecule has 2 fully saturated rings. The summed E-state index contributed by atoms with van der Waals surface area (Å²) in [6, 6.07) is 0.825. The Balaban J connectivity index is 1.71. The molecule has 0 spiro atoms. The highest BCUT2D eigenvalue weighted by molar-refractivity contribution is 6.14. The van der Waals surface area contributed by atoms with E-state index >= 15 is 0 Å². The fourth-order valence-corrected chi connectivity index (χ4v) is 9.17. The third-order valence-corrected chi connectivity index (χ3v) is 12.0. The minimum absolute atomic E-state index is 0.0143. The van der Waals surface area contributed by atoms with Crippen molar-refractivity contribution in [3.63, 3.8) is 0 Å². The highest BCUT2D eigenvalue weighted by Gasteiger charge is 2.47. The maximum atomic E-state index is 6.92. The topological polar surface area (TPSA) is 63.7 Å². The van der Waals surface area contributed by atoms with E-state index in [4.69, 9.17) is 38.5 Å². The fraction of sp³-hybridized carbons (Fsp3) is 0.919. The number of rotatable bonds is 13. The lowest BCUT2D eigenvalue weighted by Crippen LogP contribution is -2.61. The van der Waals surface area contributed by atoms with Gasteiger partial charge in [-0.05, 0) is 164 Å². The van der Waals surface area contributed by atoms with Crippen LogP contribution >= 0.6 is 23.6 Å². The first-order valence-electron chi connectivity index (χ1n) is 18.1. The average molecular weight is 698 g/mol. The normalized spacial score (nSPS) is 22.5. The van der Waals surface area contributed by atoms with Crippen molar-refractivity contribution in [3.8, 4) is 0 Å². The van der Waals surface area contributed by atoms with Crippen molar-refractivity contribution in [1.29, 1.82) is 0 Å². The highest BCUT2D eigenvalue weighted by Crippen LogP contribution is 2.43. The summed E-state index contributed by atoms with van der Waals surface area (Å²) < 4.78 is 4.08. The van der Waals surface area contributed by atoms with Gasteiger partial charge in [0.2, 0.25) is 11.9 Å². The zero-order valence-corrected chi connectivity index (χ0v) is 34.3. The second kappa shape index (κ2) is 14.7. The molecule has 2 aliphatic heterocycles. The molecule has 2 aliphatic rings. The van der Waals surface area contributed by atoms with Crippen LogP contribution in [0.1, 0.15) is 154 Å². The molecule has 1 aromatic rings. The van der Waals surface area contributed by atoms with Crippen molar-refractivity contribution >= 4 is 35.5 Å². The summed E-state index contributed by atoms with van der Waals surface area (Å²) in [6.07, 6.45) is 9.75. The van der Waals surface area contributed by atoms with E-state index in [9.17, 15) is 0 Å². The van der Waals surface area contributed by atoms with Crippen LogP contribution in [0.25, 0.3) is 0 Å². The standard InChI is InChI=1S/C37H70Cl2N8/c1-27-40-30(43-33(5,6)26-32(2,3)4)42-31(41-27)45(29-24-36(11,12)47(39)37(13,14)25-29)21-19-17-16-18-20-44(15)28-22-34(7,8)46(38)35(9,10)23-28/h28-29H,16-26H2,1-15H3,(H,40,41,42,43). The molecule has 0 amide bonds. The second-order valence-corrected chi connectivity index (χ2v) is 20.0. The van der Waals surface area contributed by atoms with Gasteiger partial charge in [0.25, 0.3) is 0 Å². The van der Waals surface area contributed by atoms with E-state index in [1.54, 1.807) is 0 Å². The zero-order valence-electron chi connectivity index (χ0n) is 32.8. The van der Waals surface area contributed by atoms with Gasteiger partial charge in [0.15, 0.2) is 0 Å². The summed E-state index contributed by atoms with van der Waals surface area (Å²) in [4.78, 5) is 19.8. The van der Waals surface area contributed by atoms with Crippen LogP contribution in [0.2, 0.25) is 0 Å². The van der Waals surface area contributed by atoms with Crippen LogP contribution in [0.5, 0.6) is 0 Å². The molecule has 10 heteroatoms. The molecule has 0 atom stereocenters. The van der Waals surface area contributed by atoms with Gasteiger partial charge in [-0.15, -0.1) is 0 Å². The van der Waals surface area contributed by atoms with Gasteiger partial charge in [-0.3, -0.25) is 0 Å². The van der Waals surface area contributed by atoms with Crippen LogP contribution in [0, 0.1) is 12.3 Å². The molecule has 0 bridgehead atoms. The van der Waals surface area contributed by atoms with E-state index < -0.39 is 0 Å². The van der Waals surface area contributed by atoms with Crippen LogP contribution in [0.4, 0.5) is 11.9 Å². The van der Waals surface area contributed by atoms with Crippen molar-refractivity contribution in [2.75, 3.05) is 30.4 Å². The zero-order chi connectivity index (χ0) is 35.8. The number of nitrogens with one attached hydrogen (secondary N) is 1. The molecule has 2 saturated heterocycles. The molecule has 0 aromatic carbocycles. The van der Waals surface area contributed by atoms with Gasteiger partial charge in [-0.2, -0.15) is 15.0 Å². The van der Waals surface area contributed by atoms with Crippen molar-refractivity contribution in [1.82, 2.24) is 28.7 Å². The Morgan fingerprint density at radius 1 is 0.702 bits per heavy atom. The van der Waals surface area contributed by atoms with E-state index in [2.05, 4.69) is 117 Å². The van der Waals surface area contributed by atoms with Gasteiger partial charge in [-0.25, -0.2) is 8.84 Å². The van der Waals surface area contributed by atoms with Crippen molar-refractivity contribution in [2.24, 2.45) is 5.41 Å². The quantitative estimate of drug-likeness (QED) is 0.162. The number of halogens is 2. The van der Waals surface area contributed by atoms with Crippen LogP contribution in [-0.4, -0.2) is 88.6 Å². The molecule has 3 rings (SSSR count). The molecule has 47 heavy (non-hydrogen) atoms. The molecule has 3 heterocycles. The van der Waals surface area contributed by atoms with Gasteiger partial charge in [-0.1, -0.05) is 33.6 Å². The highest BCUT2D eigenvalue weighted by atomic mass is 35.5. The number of anilines is 2. The summed E-state index contributed by atoms with van der Waals surface area (Å²) in [7, 11) is 2.30. The number of piperidine rings is 2. The predicted molar refractivity (Wildman–Crippen MR) is 203 cm³/mol. The third-order valence-electron chi connectivity index (χ3n) is 10.2. The lowest BCUT2D eigenvalue weighted by molar-refractivity contribution is 0.00233. The minimum Gasteiger partial charge on any atom is -0.349 e. The number of unbranched alkanes of at least 4 members (excludes halogenated alkanes) is 3. The Morgan fingerprint density at radius 2 is 1.15 bits per heavy atom. The summed E-state index contributed by atoms with van der Waals surface area (Å²) in [6.45, 7) is 33.4. The lowest BCUT2D eigenvalue weighted by Gasteiger charge is -2.53. The van der Waals surface area contributed by atoms with Gasteiger partial charge in [0.1, 0.15) is 5.82 Å². The van der Waals surface area contributed by atoms with Crippen LogP contribution in [-0.2, 0) is 0 Å². The number of aryl methyl sites for hydroxylation is 1. The number of hydrogen-bond donors (Lipinski definition) is 1.